The molecule has 1 fully saturated rings. The highest BCUT2D eigenvalue weighted by atomic mass is 32.2. The number of nitrogens with zero attached hydrogens (tertiary/aromatic N) is 1. The van der Waals surface area contributed by atoms with E-state index in [9.17, 15) is 9.59 Å². The first kappa shape index (κ1) is 22.7. The Balaban J connectivity index is 1.20. The molecular weight excluding hydrogens is 458 g/mol. The molecule has 0 radical (unpaired) electrons. The number of thioether (sulfide) groups is 1. The van der Waals surface area contributed by atoms with Crippen molar-refractivity contribution < 1.29 is 19.1 Å². The van der Waals surface area contributed by atoms with Gasteiger partial charge in [-0.25, -0.2) is 0 Å². The fourth-order valence-electron chi connectivity index (χ4n) is 3.88. The zero-order valence-corrected chi connectivity index (χ0v) is 19.7. The zero-order valence-electron chi connectivity index (χ0n) is 18.9. The molecule has 35 heavy (non-hydrogen) atoms. The van der Waals surface area contributed by atoms with E-state index in [1.54, 1.807) is 6.08 Å². The van der Waals surface area contributed by atoms with Crippen molar-refractivity contribution in [2.45, 2.75) is 6.54 Å². The average molecular weight is 482 g/mol. The van der Waals surface area contributed by atoms with Crippen molar-refractivity contribution in [1.29, 1.82) is 0 Å². The monoisotopic (exact) mass is 481 g/mol. The molecule has 0 bridgehead atoms. The van der Waals surface area contributed by atoms with Crippen LogP contribution in [-0.2, 0) is 11.3 Å². The minimum atomic E-state index is -0.272. The van der Waals surface area contributed by atoms with Crippen molar-refractivity contribution in [3.63, 3.8) is 0 Å². The zero-order chi connectivity index (χ0) is 24.0. The molecule has 1 saturated heterocycles. The topological polar surface area (TPSA) is 55.8 Å². The second kappa shape index (κ2) is 10.5. The Morgan fingerprint density at radius 1 is 0.714 bits per heavy atom. The number of hydrogen-bond donors (Lipinski definition) is 0. The highest BCUT2D eigenvalue weighted by Crippen LogP contribution is 2.34. The van der Waals surface area contributed by atoms with Gasteiger partial charge >= 0.3 is 0 Å². The van der Waals surface area contributed by atoms with Gasteiger partial charge in [-0.3, -0.25) is 14.5 Å². The average Bonchev–Trinajstić information content (AvgIpc) is 3.15. The van der Waals surface area contributed by atoms with E-state index in [2.05, 4.69) is 0 Å². The van der Waals surface area contributed by atoms with E-state index in [1.807, 2.05) is 97.1 Å². The Morgan fingerprint density at radius 2 is 1.37 bits per heavy atom. The number of hydrogen-bond acceptors (Lipinski definition) is 5. The van der Waals surface area contributed by atoms with Crippen molar-refractivity contribution in [2.75, 3.05) is 13.2 Å². The Labute approximate surface area is 208 Å². The van der Waals surface area contributed by atoms with E-state index in [0.29, 0.717) is 23.9 Å². The summed E-state index contributed by atoms with van der Waals surface area (Å²) in [5.74, 6) is 1.25. The van der Waals surface area contributed by atoms with Crippen LogP contribution in [-0.4, -0.2) is 29.3 Å². The SMILES string of the molecule is O=C1S/C(=C\c2ccc(OCCOc3ccccc3)cc2)C(=O)N1Cc1cccc2ccccc12. The molecule has 0 aromatic heterocycles. The number of carbonyl (C=O) groups excluding carboxylic acids is 2. The molecule has 0 N–H and O–H groups in total. The molecule has 6 heteroatoms. The van der Waals surface area contributed by atoms with Crippen LogP contribution >= 0.6 is 11.8 Å². The van der Waals surface area contributed by atoms with Gasteiger partial charge in [0.2, 0.25) is 0 Å². The van der Waals surface area contributed by atoms with Crippen LogP contribution in [0.3, 0.4) is 0 Å². The largest absolute Gasteiger partial charge is 0.490 e. The Morgan fingerprint density at radius 3 is 2.14 bits per heavy atom. The summed E-state index contributed by atoms with van der Waals surface area (Å²) in [7, 11) is 0. The predicted octanol–water partition coefficient (Wildman–Crippen LogP) is 6.53. The van der Waals surface area contributed by atoms with E-state index in [-0.39, 0.29) is 17.7 Å². The van der Waals surface area contributed by atoms with Gasteiger partial charge in [-0.05, 0) is 64.0 Å². The second-order valence-electron chi connectivity index (χ2n) is 7.99. The molecule has 1 aliphatic rings. The van der Waals surface area contributed by atoms with Crippen LogP contribution in [0.5, 0.6) is 11.5 Å². The highest BCUT2D eigenvalue weighted by Gasteiger charge is 2.35. The first-order chi connectivity index (χ1) is 17.2. The van der Waals surface area contributed by atoms with Crippen molar-refractivity contribution in [3.8, 4) is 11.5 Å². The second-order valence-corrected chi connectivity index (χ2v) is 8.98. The summed E-state index contributed by atoms with van der Waals surface area (Å²) in [6.45, 7) is 1.11. The summed E-state index contributed by atoms with van der Waals surface area (Å²) >= 11 is 0.971. The molecule has 0 aliphatic carbocycles. The molecule has 1 aliphatic heterocycles. The van der Waals surface area contributed by atoms with Crippen LogP contribution in [0, 0.1) is 0 Å². The number of amides is 2. The van der Waals surface area contributed by atoms with Crippen LogP contribution in [0.15, 0.2) is 102 Å². The smallest absolute Gasteiger partial charge is 0.293 e. The van der Waals surface area contributed by atoms with Gasteiger partial charge in [0.25, 0.3) is 11.1 Å². The number of benzene rings is 4. The van der Waals surface area contributed by atoms with Gasteiger partial charge < -0.3 is 9.47 Å². The van der Waals surface area contributed by atoms with E-state index >= 15 is 0 Å². The number of imide groups is 1. The molecule has 0 spiro atoms. The molecule has 4 aromatic rings. The first-order valence-corrected chi connectivity index (χ1v) is 12.1. The molecular formula is C29H23NO4S. The molecule has 0 saturated carbocycles. The van der Waals surface area contributed by atoms with Gasteiger partial charge in [0.15, 0.2) is 0 Å². The molecule has 5 nitrogen and oxygen atoms in total. The summed E-state index contributed by atoms with van der Waals surface area (Å²) < 4.78 is 11.4. The van der Waals surface area contributed by atoms with Gasteiger partial charge in [-0.2, -0.15) is 0 Å². The maximum atomic E-state index is 13.0. The number of para-hydroxylation sites is 1. The van der Waals surface area contributed by atoms with Gasteiger partial charge in [0.05, 0.1) is 11.4 Å². The maximum Gasteiger partial charge on any atom is 0.293 e. The maximum absolute atomic E-state index is 13.0. The lowest BCUT2D eigenvalue weighted by molar-refractivity contribution is -0.123. The molecule has 5 rings (SSSR count). The molecule has 0 unspecified atom stereocenters. The van der Waals surface area contributed by atoms with E-state index in [1.165, 1.54) is 4.90 Å². The quantitative estimate of drug-likeness (QED) is 0.211. The van der Waals surface area contributed by atoms with Gasteiger partial charge in [0.1, 0.15) is 24.7 Å². The van der Waals surface area contributed by atoms with Crippen LogP contribution in [0.1, 0.15) is 11.1 Å². The van der Waals surface area contributed by atoms with Crippen LogP contribution in [0.4, 0.5) is 4.79 Å². The lowest BCUT2D eigenvalue weighted by atomic mass is 10.0. The molecule has 0 atom stereocenters. The van der Waals surface area contributed by atoms with Gasteiger partial charge in [-0.15, -0.1) is 0 Å². The van der Waals surface area contributed by atoms with Crippen molar-refractivity contribution in [2.24, 2.45) is 0 Å². The normalized spacial score (nSPS) is 14.6. The highest BCUT2D eigenvalue weighted by molar-refractivity contribution is 8.18. The molecule has 1 heterocycles. The third-order valence-electron chi connectivity index (χ3n) is 5.62. The Hall–Kier alpha value is -4.03. The third kappa shape index (κ3) is 5.39. The summed E-state index contributed by atoms with van der Waals surface area (Å²) in [4.78, 5) is 27.3. The molecule has 4 aromatic carbocycles. The lowest BCUT2D eigenvalue weighted by Crippen LogP contribution is -2.27. The predicted molar refractivity (Wildman–Crippen MR) is 139 cm³/mol. The van der Waals surface area contributed by atoms with E-state index in [4.69, 9.17) is 9.47 Å². The summed E-state index contributed by atoms with van der Waals surface area (Å²) in [6.07, 6.45) is 1.75. The van der Waals surface area contributed by atoms with Crippen LogP contribution in [0.2, 0.25) is 0 Å². The number of ether oxygens (including phenoxy) is 2. The van der Waals surface area contributed by atoms with Crippen molar-refractivity contribution in [1.82, 2.24) is 4.90 Å². The minimum Gasteiger partial charge on any atom is -0.490 e. The number of rotatable bonds is 8. The van der Waals surface area contributed by atoms with Gasteiger partial charge in [-0.1, -0.05) is 72.8 Å². The van der Waals surface area contributed by atoms with Crippen molar-refractivity contribution in [3.05, 3.63) is 113 Å². The fraction of sp³-hybridized carbons (Fsp3) is 0.103. The Bertz CT molecular complexity index is 1380. The Kier molecular flexibility index (Phi) is 6.82. The van der Waals surface area contributed by atoms with Gasteiger partial charge in [0, 0.05) is 0 Å². The van der Waals surface area contributed by atoms with Crippen molar-refractivity contribution >= 4 is 39.8 Å². The molecule has 174 valence electrons. The summed E-state index contributed by atoms with van der Waals surface area (Å²) in [5, 5.41) is 1.87. The lowest BCUT2D eigenvalue weighted by Gasteiger charge is -2.14. The number of carbonyl (C=O) groups is 2. The summed E-state index contributed by atoms with van der Waals surface area (Å²) in [6, 6.07) is 30.9. The molecule has 2 amide bonds. The fourth-order valence-corrected chi connectivity index (χ4v) is 4.72. The summed E-state index contributed by atoms with van der Waals surface area (Å²) in [5.41, 5.74) is 1.78. The third-order valence-corrected chi connectivity index (χ3v) is 6.53. The van der Waals surface area contributed by atoms with E-state index < -0.39 is 0 Å². The van der Waals surface area contributed by atoms with Crippen LogP contribution < -0.4 is 9.47 Å². The standard InChI is InChI=1S/C29H23NO4S/c31-28-27(35-29(32)30(28)20-23-9-6-8-22-7-4-5-12-26(22)23)19-21-13-15-25(16-14-21)34-18-17-33-24-10-2-1-3-11-24/h1-16,19H,17-18,20H2/b27-19-. The van der Waals surface area contributed by atoms with E-state index in [0.717, 1.165) is 39.4 Å². The minimum absolute atomic E-state index is 0.251. The van der Waals surface area contributed by atoms with Crippen LogP contribution in [0.25, 0.3) is 16.8 Å². The number of fused-ring (bicyclic) bond motifs is 1. The first-order valence-electron chi connectivity index (χ1n) is 11.3.